The molecule has 0 saturated carbocycles. The molecule has 1 unspecified atom stereocenters. The van der Waals surface area contributed by atoms with Crippen LogP contribution in [0.5, 0.6) is 11.5 Å². The van der Waals surface area contributed by atoms with E-state index in [1.54, 1.807) is 18.2 Å². The molecule has 3 aromatic carbocycles. The standard InChI is InChI=1S/C26H21F2NO5/c1-14(2)34-19-5-3-4-16(12-19)24(31)22-23(15-6-9-18(30)10-7-15)29(26(33)25(22)32)17-8-11-20(27)21(28)13-17/h3-14,23,30-31H,1-2H3/b24-22+. The summed E-state index contributed by atoms with van der Waals surface area (Å²) < 4.78 is 33.2. The number of aliphatic hydroxyl groups is 1. The van der Waals surface area contributed by atoms with Gasteiger partial charge in [0.05, 0.1) is 17.7 Å². The van der Waals surface area contributed by atoms with Crippen LogP contribution < -0.4 is 9.64 Å². The number of amides is 1. The number of anilines is 1. The molecule has 1 atom stereocenters. The number of carbonyl (C=O) groups is 2. The Labute approximate surface area is 194 Å². The number of hydrogen-bond donors (Lipinski definition) is 2. The molecular weight excluding hydrogens is 444 g/mol. The summed E-state index contributed by atoms with van der Waals surface area (Å²) in [6, 6.07) is 13.8. The van der Waals surface area contributed by atoms with E-state index in [0.29, 0.717) is 11.3 Å². The zero-order valence-electron chi connectivity index (χ0n) is 18.3. The average molecular weight is 465 g/mol. The fraction of sp³-hybridized carbons (Fsp3) is 0.154. The van der Waals surface area contributed by atoms with Gasteiger partial charge >= 0.3 is 0 Å². The lowest BCUT2D eigenvalue weighted by molar-refractivity contribution is -0.132. The molecule has 1 aliphatic rings. The summed E-state index contributed by atoms with van der Waals surface area (Å²) in [5.41, 5.74) is 0.320. The molecule has 4 rings (SSSR count). The van der Waals surface area contributed by atoms with Gasteiger partial charge in [-0.3, -0.25) is 14.5 Å². The number of halogens is 2. The quantitative estimate of drug-likeness (QED) is 0.312. The Balaban J connectivity index is 1.91. The van der Waals surface area contributed by atoms with Crippen molar-refractivity contribution in [2.75, 3.05) is 4.90 Å². The van der Waals surface area contributed by atoms with Crippen molar-refractivity contribution in [1.29, 1.82) is 0 Å². The van der Waals surface area contributed by atoms with Crippen molar-refractivity contribution in [3.05, 3.63) is 95.1 Å². The second-order valence-electron chi connectivity index (χ2n) is 8.05. The predicted octanol–water partition coefficient (Wildman–Crippen LogP) is 5.08. The van der Waals surface area contributed by atoms with Crippen LogP contribution in [0, 0.1) is 11.6 Å². The maximum Gasteiger partial charge on any atom is 0.300 e. The molecular formula is C26H21F2NO5. The van der Waals surface area contributed by atoms with Crippen LogP contribution in [0.3, 0.4) is 0 Å². The molecule has 0 bridgehead atoms. The first kappa shape index (κ1) is 23.0. The first-order valence-corrected chi connectivity index (χ1v) is 10.5. The number of ketones is 1. The van der Waals surface area contributed by atoms with E-state index in [1.165, 1.54) is 36.4 Å². The van der Waals surface area contributed by atoms with E-state index in [1.807, 2.05) is 13.8 Å². The van der Waals surface area contributed by atoms with Crippen molar-refractivity contribution >= 4 is 23.1 Å². The van der Waals surface area contributed by atoms with Crippen LogP contribution in [0.15, 0.2) is 72.3 Å². The maximum atomic E-state index is 14.0. The Hall–Kier alpha value is -4.20. The van der Waals surface area contributed by atoms with Gasteiger partial charge in [-0.15, -0.1) is 0 Å². The van der Waals surface area contributed by atoms with Gasteiger partial charge in [-0.1, -0.05) is 24.3 Å². The molecule has 1 heterocycles. The van der Waals surface area contributed by atoms with Gasteiger partial charge in [-0.2, -0.15) is 0 Å². The summed E-state index contributed by atoms with van der Waals surface area (Å²) in [6.07, 6.45) is -0.131. The van der Waals surface area contributed by atoms with Crippen LogP contribution in [0.25, 0.3) is 5.76 Å². The van der Waals surface area contributed by atoms with Crippen LogP contribution in [0.2, 0.25) is 0 Å². The molecule has 2 N–H and O–H groups in total. The zero-order valence-corrected chi connectivity index (χ0v) is 18.3. The molecule has 1 saturated heterocycles. The lowest BCUT2D eigenvalue weighted by Crippen LogP contribution is -2.29. The number of Topliss-reactive ketones (excluding diaryl/α,β-unsaturated/α-hetero) is 1. The predicted molar refractivity (Wildman–Crippen MR) is 121 cm³/mol. The second kappa shape index (κ2) is 8.97. The summed E-state index contributed by atoms with van der Waals surface area (Å²) in [7, 11) is 0. The van der Waals surface area contributed by atoms with Crippen LogP contribution in [-0.4, -0.2) is 28.0 Å². The van der Waals surface area contributed by atoms with E-state index in [2.05, 4.69) is 0 Å². The summed E-state index contributed by atoms with van der Waals surface area (Å²) in [4.78, 5) is 27.2. The molecule has 0 radical (unpaired) electrons. The van der Waals surface area contributed by atoms with Crippen LogP contribution in [0.1, 0.15) is 31.0 Å². The number of nitrogens with zero attached hydrogens (tertiary/aromatic N) is 1. The Morgan fingerprint density at radius 1 is 0.971 bits per heavy atom. The third kappa shape index (κ3) is 4.22. The van der Waals surface area contributed by atoms with Gasteiger partial charge in [-0.05, 0) is 55.8 Å². The highest BCUT2D eigenvalue weighted by Crippen LogP contribution is 2.43. The Morgan fingerprint density at radius 3 is 2.32 bits per heavy atom. The number of ether oxygens (including phenoxy) is 1. The van der Waals surface area contributed by atoms with E-state index in [4.69, 9.17) is 4.74 Å². The highest BCUT2D eigenvalue weighted by atomic mass is 19.2. The fourth-order valence-corrected chi connectivity index (χ4v) is 3.85. The molecule has 34 heavy (non-hydrogen) atoms. The maximum absolute atomic E-state index is 14.0. The van der Waals surface area contributed by atoms with E-state index in [-0.39, 0.29) is 28.7 Å². The molecule has 0 aliphatic carbocycles. The number of carbonyl (C=O) groups excluding carboxylic acids is 2. The summed E-state index contributed by atoms with van der Waals surface area (Å²) in [5, 5.41) is 20.9. The number of phenols is 1. The lowest BCUT2D eigenvalue weighted by Gasteiger charge is -2.25. The summed E-state index contributed by atoms with van der Waals surface area (Å²) >= 11 is 0. The molecule has 0 aromatic heterocycles. The number of hydrogen-bond acceptors (Lipinski definition) is 5. The summed E-state index contributed by atoms with van der Waals surface area (Å²) in [6.45, 7) is 3.68. The van der Waals surface area contributed by atoms with Gasteiger partial charge in [0.2, 0.25) is 0 Å². The number of aliphatic hydroxyl groups excluding tert-OH is 1. The van der Waals surface area contributed by atoms with Crippen molar-refractivity contribution < 1.29 is 33.3 Å². The van der Waals surface area contributed by atoms with Gasteiger partial charge in [-0.25, -0.2) is 8.78 Å². The zero-order chi connectivity index (χ0) is 24.6. The molecule has 1 amide bonds. The number of benzene rings is 3. The number of rotatable bonds is 5. The molecule has 0 spiro atoms. The topological polar surface area (TPSA) is 87.1 Å². The van der Waals surface area contributed by atoms with Gasteiger partial charge in [0.25, 0.3) is 11.7 Å². The third-order valence-corrected chi connectivity index (χ3v) is 5.31. The van der Waals surface area contributed by atoms with Crippen molar-refractivity contribution in [3.63, 3.8) is 0 Å². The van der Waals surface area contributed by atoms with E-state index < -0.39 is 35.1 Å². The third-order valence-electron chi connectivity index (χ3n) is 5.31. The van der Waals surface area contributed by atoms with Crippen molar-refractivity contribution in [1.82, 2.24) is 0 Å². The smallest absolute Gasteiger partial charge is 0.300 e. The van der Waals surface area contributed by atoms with Crippen molar-refractivity contribution in [2.24, 2.45) is 0 Å². The molecule has 3 aromatic rings. The number of phenolic OH excluding ortho intramolecular Hbond substituents is 1. The fourth-order valence-electron chi connectivity index (χ4n) is 3.85. The molecule has 8 heteroatoms. The van der Waals surface area contributed by atoms with Gasteiger partial charge in [0.1, 0.15) is 17.3 Å². The van der Waals surface area contributed by atoms with Crippen molar-refractivity contribution in [3.8, 4) is 11.5 Å². The van der Waals surface area contributed by atoms with Crippen molar-refractivity contribution in [2.45, 2.75) is 26.0 Å². The number of aromatic hydroxyl groups is 1. The van der Waals surface area contributed by atoms with E-state index in [9.17, 15) is 28.6 Å². The lowest BCUT2D eigenvalue weighted by atomic mass is 9.95. The minimum Gasteiger partial charge on any atom is -0.508 e. The molecule has 1 fully saturated rings. The minimum absolute atomic E-state index is 0.0490. The monoisotopic (exact) mass is 465 g/mol. The van der Waals surface area contributed by atoms with Gasteiger partial charge < -0.3 is 14.9 Å². The van der Waals surface area contributed by atoms with Crippen LogP contribution >= 0.6 is 0 Å². The average Bonchev–Trinajstić information content (AvgIpc) is 3.06. The minimum atomic E-state index is -1.19. The largest absolute Gasteiger partial charge is 0.508 e. The Morgan fingerprint density at radius 2 is 1.68 bits per heavy atom. The highest BCUT2D eigenvalue weighted by Gasteiger charge is 2.47. The highest BCUT2D eigenvalue weighted by molar-refractivity contribution is 6.51. The van der Waals surface area contributed by atoms with Crippen LogP contribution in [-0.2, 0) is 9.59 Å². The van der Waals surface area contributed by atoms with E-state index in [0.717, 1.165) is 17.0 Å². The SMILES string of the molecule is CC(C)Oc1cccc(/C(O)=C2\C(=O)C(=O)N(c3ccc(F)c(F)c3)C2c2ccc(O)cc2)c1. The van der Waals surface area contributed by atoms with Crippen LogP contribution in [0.4, 0.5) is 14.5 Å². The second-order valence-corrected chi connectivity index (χ2v) is 8.05. The summed E-state index contributed by atoms with van der Waals surface area (Å²) in [5.74, 6) is -4.35. The van der Waals surface area contributed by atoms with Gasteiger partial charge in [0, 0.05) is 17.3 Å². The Kier molecular flexibility index (Phi) is 6.06. The normalized spacial score (nSPS) is 17.4. The molecule has 1 aliphatic heterocycles. The Bertz CT molecular complexity index is 1300. The molecule has 174 valence electrons. The van der Waals surface area contributed by atoms with E-state index >= 15 is 0 Å². The van der Waals surface area contributed by atoms with Gasteiger partial charge in [0.15, 0.2) is 11.6 Å². The first-order chi connectivity index (χ1) is 16.2. The first-order valence-electron chi connectivity index (χ1n) is 10.5. The molecule has 6 nitrogen and oxygen atoms in total.